The molecule has 82 valence electrons. The van der Waals surface area contributed by atoms with Crippen LogP contribution in [0.25, 0.3) is 0 Å². The molecule has 0 fully saturated rings. The fourth-order valence-electron chi connectivity index (χ4n) is 2.87. The number of nitrogens with zero attached hydrogens (tertiary/aromatic N) is 1. The van der Waals surface area contributed by atoms with Crippen molar-refractivity contribution < 1.29 is 0 Å². The molecule has 1 aliphatic heterocycles. The lowest BCUT2D eigenvalue weighted by Gasteiger charge is -2.22. The van der Waals surface area contributed by atoms with Crippen molar-refractivity contribution in [3.63, 3.8) is 0 Å². The van der Waals surface area contributed by atoms with Gasteiger partial charge in [-0.1, -0.05) is 37.2 Å². The minimum absolute atomic E-state index is 1.28. The highest BCUT2D eigenvalue weighted by Crippen LogP contribution is 2.30. The third-order valence-electron chi connectivity index (χ3n) is 3.92. The molecular formula is C13H16N2Si. The van der Waals surface area contributed by atoms with Crippen LogP contribution in [-0.2, 0) is 12.1 Å². The fourth-order valence-corrected chi connectivity index (χ4v) is 7.12. The number of hydrogen-bond donors (Lipinski definition) is 1. The summed E-state index contributed by atoms with van der Waals surface area (Å²) in [5, 5.41) is 1.42. The molecule has 2 nitrogen and oxygen atoms in total. The number of nitrogens with one attached hydrogen (secondary N) is 1. The van der Waals surface area contributed by atoms with E-state index in [1.807, 2.05) is 12.5 Å². The molecule has 0 unspecified atom stereocenters. The van der Waals surface area contributed by atoms with Crippen molar-refractivity contribution in [3.05, 3.63) is 47.9 Å². The molecule has 1 aromatic carbocycles. The fraction of sp³-hybridized carbons (Fsp3) is 0.308. The van der Waals surface area contributed by atoms with E-state index in [9.17, 15) is 0 Å². The average Bonchev–Trinajstić information content (AvgIpc) is 2.96. The Hall–Kier alpha value is -1.35. The van der Waals surface area contributed by atoms with Gasteiger partial charge in [-0.3, -0.25) is 0 Å². The van der Waals surface area contributed by atoms with Crippen LogP contribution in [0.4, 0.5) is 0 Å². The van der Waals surface area contributed by atoms with Gasteiger partial charge in [0.15, 0.2) is 0 Å². The number of aromatic amines is 1. The monoisotopic (exact) mass is 228 g/mol. The number of aromatic nitrogens is 2. The van der Waals surface area contributed by atoms with Crippen LogP contribution in [0.1, 0.15) is 18.1 Å². The lowest BCUT2D eigenvalue weighted by Crippen LogP contribution is -2.49. The zero-order chi connectivity index (χ0) is 11.0. The van der Waals surface area contributed by atoms with Crippen LogP contribution >= 0.6 is 0 Å². The minimum Gasteiger partial charge on any atom is -0.352 e. The number of hydrogen-bond acceptors (Lipinski definition) is 1. The van der Waals surface area contributed by atoms with Crippen molar-refractivity contribution in [1.82, 2.24) is 9.97 Å². The van der Waals surface area contributed by atoms with Crippen LogP contribution < -0.4 is 5.32 Å². The van der Waals surface area contributed by atoms with E-state index in [0.717, 1.165) is 0 Å². The molecule has 0 saturated carbocycles. The van der Waals surface area contributed by atoms with E-state index in [0.29, 0.717) is 0 Å². The van der Waals surface area contributed by atoms with E-state index >= 15 is 0 Å². The maximum atomic E-state index is 4.20. The van der Waals surface area contributed by atoms with E-state index in [-0.39, 0.29) is 0 Å². The Bertz CT molecular complexity index is 465. The van der Waals surface area contributed by atoms with Crippen LogP contribution in [0.5, 0.6) is 0 Å². The van der Waals surface area contributed by atoms with Crippen LogP contribution in [0.2, 0.25) is 6.04 Å². The van der Waals surface area contributed by atoms with Gasteiger partial charge in [-0.2, -0.15) is 0 Å². The summed E-state index contributed by atoms with van der Waals surface area (Å²) in [6.45, 7) is 2.33. The predicted molar refractivity (Wildman–Crippen MR) is 68.3 cm³/mol. The Labute approximate surface area is 96.8 Å². The molecule has 1 N–H and O–H groups in total. The molecule has 2 heterocycles. The second-order valence-electron chi connectivity index (χ2n) is 4.72. The quantitative estimate of drug-likeness (QED) is 0.782. The molecule has 16 heavy (non-hydrogen) atoms. The minimum atomic E-state index is -1.35. The largest absolute Gasteiger partial charge is 0.352 e. The molecule has 0 spiro atoms. The first-order chi connectivity index (χ1) is 7.84. The van der Waals surface area contributed by atoms with Gasteiger partial charge in [0.1, 0.15) is 8.07 Å². The highest BCUT2D eigenvalue weighted by molar-refractivity contribution is 6.91. The Morgan fingerprint density at radius 1 is 1.25 bits per heavy atom. The second kappa shape index (κ2) is 3.59. The van der Waals surface area contributed by atoms with Crippen molar-refractivity contribution in [3.8, 4) is 0 Å². The predicted octanol–water partition coefficient (Wildman–Crippen LogP) is 1.96. The van der Waals surface area contributed by atoms with E-state index in [1.54, 1.807) is 11.1 Å². The molecule has 0 saturated heterocycles. The standard InChI is InChI=1S/C13H16N2Si/c1-2-16(13-7-14-10-15-13)8-11-5-3-4-6-12(11)9-16/h3-7,10H,2,8-9H2,1H3,(H,14,15). The molecule has 0 amide bonds. The first-order valence-electron chi connectivity index (χ1n) is 5.90. The van der Waals surface area contributed by atoms with Gasteiger partial charge in [0.25, 0.3) is 0 Å². The van der Waals surface area contributed by atoms with E-state index in [1.165, 1.54) is 23.4 Å². The van der Waals surface area contributed by atoms with Gasteiger partial charge in [-0.15, -0.1) is 0 Å². The normalized spacial score (nSPS) is 17.3. The maximum absolute atomic E-state index is 4.20. The van der Waals surface area contributed by atoms with Gasteiger partial charge in [-0.25, -0.2) is 4.98 Å². The SMILES string of the molecule is CC[Si]1(c2cnc[nH]2)Cc2ccccc2C1. The molecule has 0 bridgehead atoms. The third-order valence-corrected chi connectivity index (χ3v) is 8.81. The molecular weight excluding hydrogens is 212 g/mol. The Balaban J connectivity index is 2.03. The van der Waals surface area contributed by atoms with Crippen LogP contribution in [0.15, 0.2) is 36.8 Å². The summed E-state index contributed by atoms with van der Waals surface area (Å²) in [5.41, 5.74) is 3.12. The number of imidazole rings is 1. The second-order valence-corrected chi connectivity index (χ2v) is 9.23. The van der Waals surface area contributed by atoms with Crippen LogP contribution in [0, 0.1) is 0 Å². The molecule has 0 atom stereocenters. The summed E-state index contributed by atoms with van der Waals surface area (Å²) in [5.74, 6) is 0. The summed E-state index contributed by atoms with van der Waals surface area (Å²) >= 11 is 0. The lowest BCUT2D eigenvalue weighted by molar-refractivity contribution is 1.24. The van der Waals surface area contributed by atoms with Gasteiger partial charge in [0.2, 0.25) is 0 Å². The Morgan fingerprint density at radius 2 is 1.94 bits per heavy atom. The van der Waals surface area contributed by atoms with Gasteiger partial charge < -0.3 is 4.98 Å². The van der Waals surface area contributed by atoms with Crippen molar-refractivity contribution in [2.45, 2.75) is 25.1 Å². The zero-order valence-corrected chi connectivity index (χ0v) is 10.5. The summed E-state index contributed by atoms with van der Waals surface area (Å²) in [6.07, 6.45) is 3.87. The molecule has 3 heteroatoms. The molecule has 0 aliphatic carbocycles. The molecule has 3 rings (SSSR count). The van der Waals surface area contributed by atoms with Gasteiger partial charge in [0.05, 0.1) is 6.33 Å². The highest BCUT2D eigenvalue weighted by atomic mass is 28.3. The van der Waals surface area contributed by atoms with E-state index < -0.39 is 8.07 Å². The smallest absolute Gasteiger partial charge is 0.118 e. The third kappa shape index (κ3) is 1.35. The van der Waals surface area contributed by atoms with Crippen LogP contribution in [0.3, 0.4) is 0 Å². The van der Waals surface area contributed by atoms with E-state index in [2.05, 4.69) is 41.2 Å². The van der Waals surface area contributed by atoms with Crippen molar-refractivity contribution in [2.24, 2.45) is 0 Å². The number of rotatable bonds is 2. The van der Waals surface area contributed by atoms with Crippen molar-refractivity contribution in [2.75, 3.05) is 0 Å². The van der Waals surface area contributed by atoms with Gasteiger partial charge in [-0.05, 0) is 23.2 Å². The van der Waals surface area contributed by atoms with Crippen molar-refractivity contribution in [1.29, 1.82) is 0 Å². The maximum Gasteiger partial charge on any atom is 0.118 e. The lowest BCUT2D eigenvalue weighted by atomic mass is 10.1. The summed E-state index contributed by atoms with van der Waals surface area (Å²) in [6, 6.07) is 12.7. The number of H-pyrrole nitrogens is 1. The van der Waals surface area contributed by atoms with Gasteiger partial charge >= 0.3 is 0 Å². The van der Waals surface area contributed by atoms with E-state index in [4.69, 9.17) is 0 Å². The first kappa shape index (κ1) is 9.84. The molecule has 1 aromatic heterocycles. The summed E-state index contributed by atoms with van der Waals surface area (Å²) in [7, 11) is -1.35. The molecule has 2 aromatic rings. The Kier molecular flexibility index (Phi) is 2.21. The average molecular weight is 228 g/mol. The summed E-state index contributed by atoms with van der Waals surface area (Å²) in [4.78, 5) is 7.56. The number of fused-ring (bicyclic) bond motifs is 1. The topological polar surface area (TPSA) is 28.7 Å². The zero-order valence-electron chi connectivity index (χ0n) is 9.53. The molecule has 0 radical (unpaired) electrons. The molecule has 1 aliphatic rings. The first-order valence-corrected chi connectivity index (χ1v) is 8.52. The van der Waals surface area contributed by atoms with Gasteiger partial charge in [0, 0.05) is 11.5 Å². The number of benzene rings is 1. The van der Waals surface area contributed by atoms with Crippen molar-refractivity contribution >= 4 is 13.4 Å². The van der Waals surface area contributed by atoms with Crippen LogP contribution in [-0.4, -0.2) is 18.0 Å². The summed E-state index contributed by atoms with van der Waals surface area (Å²) < 4.78 is 0. The highest BCUT2D eigenvalue weighted by Gasteiger charge is 2.40. The Morgan fingerprint density at radius 3 is 2.44 bits per heavy atom.